The number of carbonyl (C=O) groups excluding carboxylic acids is 2. The molecule has 1 amide bonds. The largest absolute Gasteiger partial charge is 0.465 e. The van der Waals surface area contributed by atoms with Gasteiger partial charge in [-0.25, -0.2) is 4.79 Å². The molecule has 194 valence electrons. The Morgan fingerprint density at radius 1 is 1.05 bits per heavy atom. The first-order valence-electron chi connectivity index (χ1n) is 13.4. The minimum absolute atomic E-state index is 0.126. The lowest BCUT2D eigenvalue weighted by molar-refractivity contribution is -0.156. The molecule has 1 aliphatic carbocycles. The number of morpholine rings is 1. The zero-order valence-electron chi connectivity index (χ0n) is 21.4. The second-order valence-electron chi connectivity index (χ2n) is 10.7. The summed E-state index contributed by atoms with van der Waals surface area (Å²) < 4.78 is 12.6. The minimum atomic E-state index is -1.62. The number of esters is 1. The number of fused-ring (bicyclic) bond motifs is 5. The van der Waals surface area contributed by atoms with Crippen molar-refractivity contribution < 1.29 is 24.2 Å². The van der Waals surface area contributed by atoms with Gasteiger partial charge in [0.25, 0.3) is 5.91 Å². The average Bonchev–Trinajstić information content (AvgIpc) is 3.18. The Bertz CT molecular complexity index is 1350. The van der Waals surface area contributed by atoms with Gasteiger partial charge in [-0.1, -0.05) is 49.6 Å². The third-order valence-electron chi connectivity index (χ3n) is 8.41. The molecule has 1 N–H and O–H groups in total. The number of amides is 1. The van der Waals surface area contributed by atoms with Crippen LogP contribution in [0.2, 0.25) is 0 Å². The summed E-state index contributed by atoms with van der Waals surface area (Å²) in [6, 6.07) is 13.9. The zero-order valence-corrected chi connectivity index (χ0v) is 21.4. The van der Waals surface area contributed by atoms with Crippen LogP contribution in [0.4, 0.5) is 0 Å². The van der Waals surface area contributed by atoms with E-state index in [0.29, 0.717) is 37.8 Å². The highest BCUT2D eigenvalue weighted by Crippen LogP contribution is 2.47. The summed E-state index contributed by atoms with van der Waals surface area (Å²) in [6.45, 7) is 2.03. The number of nitrogens with zero attached hydrogens (tertiary/aromatic N) is 2. The van der Waals surface area contributed by atoms with Gasteiger partial charge in [0.15, 0.2) is 5.60 Å². The molecule has 7 nitrogen and oxygen atoms in total. The summed E-state index contributed by atoms with van der Waals surface area (Å²) in [5.41, 5.74) is 4.10. The fourth-order valence-electron chi connectivity index (χ4n) is 6.62. The van der Waals surface area contributed by atoms with E-state index >= 15 is 0 Å². The summed E-state index contributed by atoms with van der Waals surface area (Å²) in [7, 11) is 1.38. The van der Waals surface area contributed by atoms with E-state index < -0.39 is 11.6 Å². The third kappa shape index (κ3) is 4.14. The fourth-order valence-corrected chi connectivity index (χ4v) is 6.62. The first kappa shape index (κ1) is 24.2. The molecule has 1 atom stereocenters. The Hall–Kier alpha value is -3.16. The summed E-state index contributed by atoms with van der Waals surface area (Å²) in [5.74, 6) is -0.264. The number of aliphatic hydroxyl groups is 1. The van der Waals surface area contributed by atoms with E-state index in [9.17, 15) is 14.7 Å². The standard InChI is InChI=1S/C30H34N2O5/c1-36-28(33)21-11-12-24-25(17-21)32-19-30(35,29(34)31-13-15-37-16-14-31)18-22-9-5-6-10-23(22)27(32)26(24)20-7-3-2-4-8-20/h5-6,9-12,17,20,35H,2-4,7-8,13-16,18-19H2,1H3. The van der Waals surface area contributed by atoms with Gasteiger partial charge in [0.2, 0.25) is 0 Å². The molecule has 0 bridgehead atoms. The Balaban J connectivity index is 1.60. The lowest BCUT2D eigenvalue weighted by atomic mass is 9.81. The summed E-state index contributed by atoms with van der Waals surface area (Å²) >= 11 is 0. The fraction of sp³-hybridized carbons (Fsp3) is 0.467. The van der Waals surface area contributed by atoms with Crippen LogP contribution in [0.3, 0.4) is 0 Å². The molecule has 3 aromatic rings. The van der Waals surface area contributed by atoms with Gasteiger partial charge >= 0.3 is 5.97 Å². The predicted octanol–water partition coefficient (Wildman–Crippen LogP) is 4.29. The number of aromatic nitrogens is 1. The van der Waals surface area contributed by atoms with Gasteiger partial charge in [0, 0.05) is 36.0 Å². The highest BCUT2D eigenvalue weighted by molar-refractivity contribution is 5.99. The molecule has 2 fully saturated rings. The van der Waals surface area contributed by atoms with Crippen LogP contribution >= 0.6 is 0 Å². The average molecular weight is 503 g/mol. The van der Waals surface area contributed by atoms with Crippen LogP contribution in [0.1, 0.15) is 59.5 Å². The van der Waals surface area contributed by atoms with Crippen LogP contribution < -0.4 is 0 Å². The summed E-state index contributed by atoms with van der Waals surface area (Å²) in [4.78, 5) is 28.1. The predicted molar refractivity (Wildman–Crippen MR) is 141 cm³/mol. The maximum Gasteiger partial charge on any atom is 0.337 e. The molecule has 1 aromatic heterocycles. The monoisotopic (exact) mass is 502 g/mol. The van der Waals surface area contributed by atoms with Gasteiger partial charge in [-0.15, -0.1) is 0 Å². The smallest absolute Gasteiger partial charge is 0.337 e. The number of methoxy groups -OCH3 is 1. The number of ether oxygens (including phenoxy) is 2. The molecular weight excluding hydrogens is 468 g/mol. The van der Waals surface area contributed by atoms with Crippen LogP contribution in [0.5, 0.6) is 0 Å². The Kier molecular flexibility index (Phi) is 6.29. The molecule has 6 rings (SSSR count). The summed E-state index contributed by atoms with van der Waals surface area (Å²) in [5, 5.41) is 13.2. The van der Waals surface area contributed by atoms with Crippen LogP contribution in [0, 0.1) is 0 Å². The van der Waals surface area contributed by atoms with Gasteiger partial charge in [-0.2, -0.15) is 0 Å². The molecule has 3 heterocycles. The molecule has 2 aromatic carbocycles. The van der Waals surface area contributed by atoms with Gasteiger partial charge in [0.1, 0.15) is 0 Å². The van der Waals surface area contributed by atoms with Gasteiger partial charge < -0.3 is 24.0 Å². The van der Waals surface area contributed by atoms with Crippen molar-refractivity contribution in [1.29, 1.82) is 0 Å². The van der Waals surface area contributed by atoms with Crippen molar-refractivity contribution in [2.45, 2.75) is 56.6 Å². The Morgan fingerprint density at radius 2 is 1.81 bits per heavy atom. The highest BCUT2D eigenvalue weighted by Gasteiger charge is 2.44. The van der Waals surface area contributed by atoms with Crippen LogP contribution in [0.15, 0.2) is 42.5 Å². The number of hydrogen-bond acceptors (Lipinski definition) is 5. The number of hydrogen-bond donors (Lipinski definition) is 1. The second-order valence-corrected chi connectivity index (χ2v) is 10.7. The van der Waals surface area contributed by atoms with E-state index in [-0.39, 0.29) is 18.9 Å². The lowest BCUT2D eigenvalue weighted by Crippen LogP contribution is -2.55. The SMILES string of the molecule is COC(=O)c1ccc2c(C3CCCCC3)c3n(c2c1)CC(O)(C(=O)N1CCOCC1)Cc1ccccc1-3. The molecule has 0 spiro atoms. The maximum absolute atomic E-state index is 13.8. The van der Waals surface area contributed by atoms with E-state index in [0.717, 1.165) is 40.6 Å². The van der Waals surface area contributed by atoms with E-state index in [2.05, 4.69) is 10.6 Å². The Morgan fingerprint density at radius 3 is 2.57 bits per heavy atom. The highest BCUT2D eigenvalue weighted by atomic mass is 16.5. The van der Waals surface area contributed by atoms with Crippen LogP contribution in [0.25, 0.3) is 22.2 Å². The molecule has 7 heteroatoms. The molecule has 1 saturated heterocycles. The van der Waals surface area contributed by atoms with E-state index in [1.165, 1.54) is 31.9 Å². The van der Waals surface area contributed by atoms with Crippen LogP contribution in [-0.2, 0) is 27.2 Å². The van der Waals surface area contributed by atoms with Crippen molar-refractivity contribution in [3.8, 4) is 11.3 Å². The van der Waals surface area contributed by atoms with Crippen LogP contribution in [-0.4, -0.2) is 65.5 Å². The molecule has 3 aliphatic rings. The van der Waals surface area contributed by atoms with Crippen molar-refractivity contribution in [1.82, 2.24) is 9.47 Å². The van der Waals surface area contributed by atoms with Crippen molar-refractivity contribution in [2.24, 2.45) is 0 Å². The zero-order chi connectivity index (χ0) is 25.6. The number of rotatable bonds is 3. The molecule has 1 unspecified atom stereocenters. The molecule has 1 saturated carbocycles. The van der Waals surface area contributed by atoms with Gasteiger partial charge in [-0.05, 0) is 42.0 Å². The molecule has 37 heavy (non-hydrogen) atoms. The van der Waals surface area contributed by atoms with Gasteiger partial charge in [0.05, 0.1) is 38.1 Å². The topological polar surface area (TPSA) is 81.0 Å². The van der Waals surface area contributed by atoms with Gasteiger partial charge in [-0.3, -0.25) is 4.79 Å². The number of carbonyl (C=O) groups is 2. The Labute approximate surface area is 217 Å². The van der Waals surface area contributed by atoms with Crippen molar-refractivity contribution in [2.75, 3.05) is 33.4 Å². The summed E-state index contributed by atoms with van der Waals surface area (Å²) in [6.07, 6.45) is 6.11. The van der Waals surface area contributed by atoms with Crippen molar-refractivity contribution >= 4 is 22.8 Å². The molecular formula is C30H34N2O5. The van der Waals surface area contributed by atoms with Crippen molar-refractivity contribution in [3.63, 3.8) is 0 Å². The third-order valence-corrected chi connectivity index (χ3v) is 8.41. The lowest BCUT2D eigenvalue weighted by Gasteiger charge is -2.35. The quantitative estimate of drug-likeness (QED) is 0.541. The molecule has 2 aliphatic heterocycles. The van der Waals surface area contributed by atoms with E-state index in [4.69, 9.17) is 9.47 Å². The second kappa shape index (κ2) is 9.62. The maximum atomic E-state index is 13.8. The van der Waals surface area contributed by atoms with E-state index in [1.807, 2.05) is 36.4 Å². The minimum Gasteiger partial charge on any atom is -0.465 e. The first-order chi connectivity index (χ1) is 18.0. The number of benzene rings is 2. The van der Waals surface area contributed by atoms with Crippen molar-refractivity contribution in [3.05, 3.63) is 59.2 Å². The normalized spacial score (nSPS) is 22.3. The first-order valence-corrected chi connectivity index (χ1v) is 13.4. The molecule has 0 radical (unpaired) electrons. The van der Waals surface area contributed by atoms with E-state index in [1.54, 1.807) is 4.90 Å².